The fourth-order valence-corrected chi connectivity index (χ4v) is 2.55. The molecule has 0 aromatic heterocycles. The van der Waals surface area contributed by atoms with E-state index >= 15 is 0 Å². The van der Waals surface area contributed by atoms with Crippen molar-refractivity contribution in [2.24, 2.45) is 5.73 Å². The molecule has 0 saturated heterocycles. The van der Waals surface area contributed by atoms with Gasteiger partial charge in [0.05, 0.1) is 5.28 Å². The Hall–Kier alpha value is 0.150. The van der Waals surface area contributed by atoms with E-state index in [1.54, 1.807) is 0 Å². The molecule has 1 atom stereocenters. The quantitative estimate of drug-likeness (QED) is 0.569. The molecule has 0 radical (unpaired) electrons. The van der Waals surface area contributed by atoms with Gasteiger partial charge >= 0.3 is 0 Å². The van der Waals surface area contributed by atoms with Gasteiger partial charge in [0.2, 0.25) is 7.37 Å². The van der Waals surface area contributed by atoms with Crippen molar-refractivity contribution in [2.75, 3.05) is 6.66 Å². The SMILES string of the molecule is CP(=O)(O)C1(N)CCCC1. The molecule has 0 spiro atoms. The van der Waals surface area contributed by atoms with Gasteiger partial charge in [-0.25, -0.2) is 0 Å². The third-order valence-electron chi connectivity index (χ3n) is 2.30. The van der Waals surface area contributed by atoms with E-state index in [2.05, 4.69) is 0 Å². The van der Waals surface area contributed by atoms with E-state index in [9.17, 15) is 9.46 Å². The second-order valence-corrected chi connectivity index (χ2v) is 5.84. The third-order valence-corrected chi connectivity index (χ3v) is 4.40. The number of hydrogen-bond acceptors (Lipinski definition) is 2. The van der Waals surface area contributed by atoms with Crippen LogP contribution >= 0.6 is 7.37 Å². The lowest BCUT2D eigenvalue weighted by atomic mass is 10.3. The van der Waals surface area contributed by atoms with E-state index in [1.807, 2.05) is 0 Å². The Bertz CT molecular complexity index is 169. The molecule has 0 heterocycles. The van der Waals surface area contributed by atoms with Crippen LogP contribution in [0.3, 0.4) is 0 Å². The molecule has 60 valence electrons. The van der Waals surface area contributed by atoms with Gasteiger partial charge in [0.1, 0.15) is 0 Å². The molecule has 3 N–H and O–H groups in total. The second-order valence-electron chi connectivity index (χ2n) is 3.19. The Balaban J connectivity index is 2.78. The summed E-state index contributed by atoms with van der Waals surface area (Å²) >= 11 is 0. The number of rotatable bonds is 1. The fourth-order valence-electron chi connectivity index (χ4n) is 1.40. The molecule has 1 unspecified atom stereocenters. The fraction of sp³-hybridized carbons (Fsp3) is 1.00. The minimum atomic E-state index is -3.05. The second kappa shape index (κ2) is 2.33. The van der Waals surface area contributed by atoms with Gasteiger partial charge in [-0.1, -0.05) is 12.8 Å². The average molecular weight is 163 g/mol. The van der Waals surface area contributed by atoms with Gasteiger partial charge < -0.3 is 10.6 Å². The van der Waals surface area contributed by atoms with Crippen LogP contribution in [0, 0.1) is 0 Å². The lowest BCUT2D eigenvalue weighted by molar-refractivity contribution is 0.428. The minimum absolute atomic E-state index is 0.706. The van der Waals surface area contributed by atoms with Crippen LogP contribution in [0.1, 0.15) is 25.7 Å². The van der Waals surface area contributed by atoms with Gasteiger partial charge in [-0.15, -0.1) is 0 Å². The summed E-state index contributed by atoms with van der Waals surface area (Å²) in [5, 5.41) is -0.757. The number of hydrogen-bond donors (Lipinski definition) is 2. The summed E-state index contributed by atoms with van der Waals surface area (Å²) < 4.78 is 11.2. The average Bonchev–Trinajstić information content (AvgIpc) is 2.13. The Morgan fingerprint density at radius 2 is 1.90 bits per heavy atom. The maximum atomic E-state index is 11.2. The predicted molar refractivity (Wildman–Crippen MR) is 41.1 cm³/mol. The zero-order valence-corrected chi connectivity index (χ0v) is 7.10. The molecule has 1 saturated carbocycles. The first kappa shape index (κ1) is 8.25. The highest BCUT2D eigenvalue weighted by Crippen LogP contribution is 2.55. The van der Waals surface area contributed by atoms with Crippen LogP contribution in [0.4, 0.5) is 0 Å². The van der Waals surface area contributed by atoms with Crippen molar-refractivity contribution in [2.45, 2.75) is 31.0 Å². The lowest BCUT2D eigenvalue weighted by Gasteiger charge is -2.26. The van der Waals surface area contributed by atoms with Crippen LogP contribution in [-0.4, -0.2) is 16.8 Å². The van der Waals surface area contributed by atoms with Gasteiger partial charge in [-0.05, 0) is 12.8 Å². The van der Waals surface area contributed by atoms with Crippen molar-refractivity contribution in [3.8, 4) is 0 Å². The summed E-state index contributed by atoms with van der Waals surface area (Å²) in [7, 11) is -3.05. The van der Waals surface area contributed by atoms with Crippen LogP contribution in [-0.2, 0) is 4.57 Å². The molecule has 1 rings (SSSR count). The van der Waals surface area contributed by atoms with Crippen LogP contribution in [0.15, 0.2) is 0 Å². The summed E-state index contributed by atoms with van der Waals surface area (Å²) in [6.45, 7) is 1.36. The van der Waals surface area contributed by atoms with E-state index in [0.717, 1.165) is 12.8 Å². The van der Waals surface area contributed by atoms with Crippen molar-refractivity contribution in [3.05, 3.63) is 0 Å². The Labute approximate surface area is 61.1 Å². The summed E-state index contributed by atoms with van der Waals surface area (Å²) in [5.41, 5.74) is 5.72. The largest absolute Gasteiger partial charge is 0.343 e. The molecule has 1 aliphatic rings. The van der Waals surface area contributed by atoms with Crippen LogP contribution < -0.4 is 5.73 Å². The van der Waals surface area contributed by atoms with Gasteiger partial charge in [0.15, 0.2) is 0 Å². The molecule has 3 nitrogen and oxygen atoms in total. The summed E-state index contributed by atoms with van der Waals surface area (Å²) in [4.78, 5) is 9.21. The molecular formula is C6H14NO2P. The summed E-state index contributed by atoms with van der Waals surface area (Å²) in [6.07, 6.45) is 3.40. The molecular weight excluding hydrogens is 149 g/mol. The zero-order chi connectivity index (χ0) is 7.83. The van der Waals surface area contributed by atoms with E-state index in [-0.39, 0.29) is 0 Å². The molecule has 0 amide bonds. The monoisotopic (exact) mass is 163 g/mol. The van der Waals surface area contributed by atoms with E-state index in [1.165, 1.54) is 6.66 Å². The summed E-state index contributed by atoms with van der Waals surface area (Å²) in [5.74, 6) is 0. The van der Waals surface area contributed by atoms with Crippen LogP contribution in [0.2, 0.25) is 0 Å². The normalized spacial score (nSPS) is 29.9. The van der Waals surface area contributed by atoms with E-state index < -0.39 is 12.6 Å². The molecule has 1 aliphatic carbocycles. The maximum absolute atomic E-state index is 11.2. The highest BCUT2D eigenvalue weighted by molar-refractivity contribution is 7.58. The first-order valence-electron chi connectivity index (χ1n) is 3.55. The van der Waals surface area contributed by atoms with E-state index in [4.69, 9.17) is 5.73 Å². The molecule has 0 bridgehead atoms. The van der Waals surface area contributed by atoms with E-state index in [0.29, 0.717) is 12.8 Å². The van der Waals surface area contributed by atoms with Crippen LogP contribution in [0.5, 0.6) is 0 Å². The van der Waals surface area contributed by atoms with Crippen molar-refractivity contribution in [1.29, 1.82) is 0 Å². The smallest absolute Gasteiger partial charge is 0.216 e. The molecule has 10 heavy (non-hydrogen) atoms. The Morgan fingerprint density at radius 3 is 2.10 bits per heavy atom. The van der Waals surface area contributed by atoms with Crippen molar-refractivity contribution >= 4 is 7.37 Å². The Morgan fingerprint density at radius 1 is 1.50 bits per heavy atom. The Kier molecular flexibility index (Phi) is 1.92. The highest BCUT2D eigenvalue weighted by atomic mass is 31.2. The van der Waals surface area contributed by atoms with Gasteiger partial charge in [-0.3, -0.25) is 4.57 Å². The standard InChI is InChI=1S/C6H14NO2P/c1-10(8,9)6(7)4-2-3-5-6/h2-5,7H2,1H3,(H,8,9). The van der Waals surface area contributed by atoms with Crippen LogP contribution in [0.25, 0.3) is 0 Å². The predicted octanol–water partition coefficient (Wildman–Crippen LogP) is 1.12. The molecule has 4 heteroatoms. The number of nitrogens with two attached hydrogens (primary N) is 1. The third kappa shape index (κ3) is 1.26. The van der Waals surface area contributed by atoms with Crippen molar-refractivity contribution in [1.82, 2.24) is 0 Å². The molecule has 0 aliphatic heterocycles. The molecule has 1 fully saturated rings. The topological polar surface area (TPSA) is 63.3 Å². The van der Waals surface area contributed by atoms with Crippen molar-refractivity contribution < 1.29 is 9.46 Å². The summed E-state index contributed by atoms with van der Waals surface area (Å²) in [6, 6.07) is 0. The maximum Gasteiger partial charge on any atom is 0.216 e. The lowest BCUT2D eigenvalue weighted by Crippen LogP contribution is -2.35. The molecule has 0 aromatic rings. The zero-order valence-electron chi connectivity index (χ0n) is 6.21. The van der Waals surface area contributed by atoms with Gasteiger partial charge in [-0.2, -0.15) is 0 Å². The molecule has 0 aromatic carbocycles. The van der Waals surface area contributed by atoms with Gasteiger partial charge in [0, 0.05) is 6.66 Å². The first-order chi connectivity index (χ1) is 4.46. The minimum Gasteiger partial charge on any atom is -0.343 e. The van der Waals surface area contributed by atoms with Crippen molar-refractivity contribution in [3.63, 3.8) is 0 Å². The first-order valence-corrected chi connectivity index (χ1v) is 5.66. The van der Waals surface area contributed by atoms with Gasteiger partial charge in [0.25, 0.3) is 0 Å². The highest BCUT2D eigenvalue weighted by Gasteiger charge is 2.42.